The Balaban J connectivity index is 1.71. The Morgan fingerprint density at radius 3 is 2.51 bits per heavy atom. The molecule has 4 heterocycles. The number of aromatic nitrogens is 9. The molecule has 0 aromatic carbocycles. The van der Waals surface area contributed by atoms with Crippen molar-refractivity contribution in [2.75, 3.05) is 11.8 Å². The van der Waals surface area contributed by atoms with E-state index < -0.39 is 21.3 Å². The summed E-state index contributed by atoms with van der Waals surface area (Å²) in [6.45, 7) is 5.30. The zero-order valence-corrected chi connectivity index (χ0v) is 20.8. The molecule has 13 nitrogen and oxygen atoms in total. The smallest absolute Gasteiger partial charge is 0.239 e. The van der Waals surface area contributed by atoms with Gasteiger partial charge in [-0.25, -0.2) is 28.4 Å². The summed E-state index contributed by atoms with van der Waals surface area (Å²) in [5, 5.41) is 11.7. The van der Waals surface area contributed by atoms with Gasteiger partial charge in [0, 0.05) is 31.9 Å². The first-order chi connectivity index (χ1) is 16.7. The molecule has 0 spiro atoms. The van der Waals surface area contributed by atoms with E-state index in [1.807, 2.05) is 13.8 Å². The molecule has 0 unspecified atom stereocenters. The van der Waals surface area contributed by atoms with Gasteiger partial charge in [-0.2, -0.15) is 5.10 Å². The second-order valence-electron chi connectivity index (χ2n) is 8.04. The van der Waals surface area contributed by atoms with Gasteiger partial charge in [0.05, 0.1) is 18.4 Å². The maximum Gasteiger partial charge on any atom is 0.239 e. The molecule has 1 N–H and O–H groups in total. The van der Waals surface area contributed by atoms with Crippen LogP contribution in [-0.4, -0.2) is 65.3 Å². The molecule has 2 atom stereocenters. The normalized spacial score (nSPS) is 13.4. The number of nitrogens with one attached hydrogen (secondary N) is 1. The maximum absolute atomic E-state index is 13.2. The van der Waals surface area contributed by atoms with Crippen LogP contribution in [0, 0.1) is 6.92 Å². The zero-order valence-electron chi connectivity index (χ0n) is 20.0. The summed E-state index contributed by atoms with van der Waals surface area (Å²) in [4.78, 5) is 17.2. The van der Waals surface area contributed by atoms with Crippen LogP contribution in [0.1, 0.15) is 37.1 Å². The van der Waals surface area contributed by atoms with Crippen molar-refractivity contribution in [3.8, 4) is 17.4 Å². The predicted molar refractivity (Wildman–Crippen MR) is 127 cm³/mol. The van der Waals surface area contributed by atoms with Crippen LogP contribution >= 0.6 is 0 Å². The van der Waals surface area contributed by atoms with Gasteiger partial charge in [-0.15, -0.1) is 10.2 Å². The van der Waals surface area contributed by atoms with E-state index in [1.54, 1.807) is 53.8 Å². The molecule has 0 fully saturated rings. The largest absolute Gasteiger partial charge is 0.481 e. The lowest BCUT2D eigenvalue weighted by Crippen LogP contribution is -2.30. The van der Waals surface area contributed by atoms with Crippen molar-refractivity contribution < 1.29 is 13.2 Å². The highest BCUT2D eigenvalue weighted by molar-refractivity contribution is 7.93. The molecule has 0 saturated carbocycles. The summed E-state index contributed by atoms with van der Waals surface area (Å²) in [6, 6.07) is 4.73. The van der Waals surface area contributed by atoms with Gasteiger partial charge in [0.1, 0.15) is 23.7 Å². The lowest BCUT2D eigenvalue weighted by molar-refractivity contribution is 0.398. The van der Waals surface area contributed by atoms with E-state index in [4.69, 9.17) is 4.74 Å². The monoisotopic (exact) mass is 498 g/mol. The molecular formula is C21H26N10O3S. The third-order valence-electron chi connectivity index (χ3n) is 5.43. The van der Waals surface area contributed by atoms with E-state index in [9.17, 15) is 8.42 Å². The standard InChI is InChI=1S/C21H26N10O3S/c1-13-10-22-17(23-11-13)9-14(2)35(32,33)29-21-28-27-20(16-7-6-8-18(26-16)34-5)31(21)15(3)19-24-12-25-30(19)4/h6-8,10-12,14-15H,9H2,1-5H3,(H,28,29)/t14-,15+/m0/s1. The van der Waals surface area contributed by atoms with Gasteiger partial charge in [0.15, 0.2) is 5.82 Å². The zero-order chi connectivity index (χ0) is 25.2. The Hall–Kier alpha value is -3.94. The third-order valence-corrected chi connectivity index (χ3v) is 7.13. The molecule has 184 valence electrons. The first-order valence-corrected chi connectivity index (χ1v) is 12.3. The van der Waals surface area contributed by atoms with Crippen LogP contribution in [-0.2, 0) is 23.5 Å². The summed E-state index contributed by atoms with van der Waals surface area (Å²) in [7, 11) is -0.618. The maximum atomic E-state index is 13.2. The predicted octanol–water partition coefficient (Wildman–Crippen LogP) is 1.56. The number of nitrogens with zero attached hydrogens (tertiary/aromatic N) is 9. The van der Waals surface area contributed by atoms with Gasteiger partial charge in [0.25, 0.3) is 0 Å². The molecule has 4 rings (SSSR count). The lowest BCUT2D eigenvalue weighted by Gasteiger charge is -2.19. The third kappa shape index (κ3) is 5.11. The minimum Gasteiger partial charge on any atom is -0.481 e. The van der Waals surface area contributed by atoms with Crippen LogP contribution in [0.5, 0.6) is 5.88 Å². The first kappa shape index (κ1) is 24.2. The van der Waals surface area contributed by atoms with Gasteiger partial charge < -0.3 is 4.74 Å². The fourth-order valence-corrected chi connectivity index (χ4v) is 4.44. The lowest BCUT2D eigenvalue weighted by atomic mass is 10.2. The number of ether oxygens (including phenoxy) is 1. The summed E-state index contributed by atoms with van der Waals surface area (Å²) in [5.41, 5.74) is 1.35. The van der Waals surface area contributed by atoms with Crippen molar-refractivity contribution in [1.82, 2.24) is 44.5 Å². The van der Waals surface area contributed by atoms with Crippen molar-refractivity contribution in [1.29, 1.82) is 0 Å². The molecule has 4 aromatic heterocycles. The molecule has 35 heavy (non-hydrogen) atoms. The van der Waals surface area contributed by atoms with Crippen molar-refractivity contribution in [2.24, 2.45) is 7.05 Å². The molecule has 4 aromatic rings. The van der Waals surface area contributed by atoms with Crippen LogP contribution in [0.3, 0.4) is 0 Å². The fraction of sp³-hybridized carbons (Fsp3) is 0.381. The molecule has 0 bridgehead atoms. The molecule has 0 saturated heterocycles. The number of hydrogen-bond donors (Lipinski definition) is 1. The SMILES string of the molecule is COc1cccc(-c2nnc(NS(=O)(=O)[C@@H](C)Cc3ncc(C)cn3)n2[C@H](C)c2ncnn2C)n1. The second kappa shape index (κ2) is 9.74. The average molecular weight is 499 g/mol. The van der Waals surface area contributed by atoms with Gasteiger partial charge in [0.2, 0.25) is 21.9 Å². The summed E-state index contributed by atoms with van der Waals surface area (Å²) in [6.07, 6.45) is 4.86. The van der Waals surface area contributed by atoms with E-state index in [2.05, 4.69) is 40.0 Å². The van der Waals surface area contributed by atoms with Crippen LogP contribution in [0.15, 0.2) is 36.9 Å². The number of aryl methyl sites for hydroxylation is 2. The molecule has 0 radical (unpaired) electrons. The quantitative estimate of drug-likeness (QED) is 0.359. The number of sulfonamides is 1. The number of methoxy groups -OCH3 is 1. The van der Waals surface area contributed by atoms with Gasteiger partial charge in [-0.05, 0) is 32.4 Å². The van der Waals surface area contributed by atoms with Gasteiger partial charge in [-0.1, -0.05) is 6.07 Å². The Labute approximate surface area is 202 Å². The first-order valence-electron chi connectivity index (χ1n) is 10.8. The average Bonchev–Trinajstić information content (AvgIpc) is 3.46. The van der Waals surface area contributed by atoms with Crippen molar-refractivity contribution >= 4 is 16.0 Å². The van der Waals surface area contributed by atoms with E-state index in [1.165, 1.54) is 13.4 Å². The van der Waals surface area contributed by atoms with Crippen molar-refractivity contribution in [3.63, 3.8) is 0 Å². The summed E-state index contributed by atoms with van der Waals surface area (Å²) < 4.78 is 37.5. The second-order valence-corrected chi connectivity index (χ2v) is 10.1. The van der Waals surface area contributed by atoms with E-state index in [0.717, 1.165) is 5.56 Å². The number of anilines is 1. The summed E-state index contributed by atoms with van der Waals surface area (Å²) in [5.74, 6) is 1.76. The molecular weight excluding hydrogens is 472 g/mol. The highest BCUT2D eigenvalue weighted by Crippen LogP contribution is 2.29. The van der Waals surface area contributed by atoms with Gasteiger partial charge >= 0.3 is 0 Å². The molecule has 0 aliphatic heterocycles. The Bertz CT molecular complexity index is 1420. The van der Waals surface area contributed by atoms with Crippen LogP contribution in [0.4, 0.5) is 5.95 Å². The number of hydrogen-bond acceptors (Lipinski definition) is 10. The molecule has 0 aliphatic carbocycles. The molecule has 14 heteroatoms. The Morgan fingerprint density at radius 2 is 1.86 bits per heavy atom. The topological polar surface area (TPSA) is 155 Å². The van der Waals surface area contributed by atoms with Crippen LogP contribution in [0.2, 0.25) is 0 Å². The fourth-order valence-electron chi connectivity index (χ4n) is 3.47. The van der Waals surface area contributed by atoms with Crippen LogP contribution < -0.4 is 9.46 Å². The minimum atomic E-state index is -3.88. The number of pyridine rings is 1. The minimum absolute atomic E-state index is 0.0248. The highest BCUT2D eigenvalue weighted by Gasteiger charge is 2.29. The van der Waals surface area contributed by atoms with Gasteiger partial charge in [-0.3, -0.25) is 14.0 Å². The van der Waals surface area contributed by atoms with Crippen LogP contribution in [0.25, 0.3) is 11.5 Å². The van der Waals surface area contributed by atoms with Crippen molar-refractivity contribution in [3.05, 3.63) is 54.1 Å². The number of rotatable bonds is 9. The van der Waals surface area contributed by atoms with E-state index >= 15 is 0 Å². The van der Waals surface area contributed by atoms with E-state index in [-0.39, 0.29) is 12.4 Å². The van der Waals surface area contributed by atoms with E-state index in [0.29, 0.717) is 29.0 Å². The molecule has 0 aliphatic rings. The summed E-state index contributed by atoms with van der Waals surface area (Å²) >= 11 is 0. The highest BCUT2D eigenvalue weighted by atomic mass is 32.2. The Kier molecular flexibility index (Phi) is 6.73. The van der Waals surface area contributed by atoms with Crippen molar-refractivity contribution in [2.45, 2.75) is 38.5 Å². The Morgan fingerprint density at radius 1 is 1.11 bits per heavy atom. The molecule has 0 amide bonds.